The minimum absolute atomic E-state index is 0.0712. The van der Waals surface area contributed by atoms with Gasteiger partial charge in [-0.1, -0.05) is 6.07 Å². The standard InChI is InChI=1S/C30H41N3O7/c1-28(2,3)40-26(34)31-17-19-8-6-7-14-33(19)27(35)38-21-11-12-30(36)22-16-18-9-10-20(37-5)24-23(18)29(30,25(21)39-24)13-15-32(22)4/h9-11,19,22,25,36H,6-8,12-17H2,1-5H3,(H,31,34)/t19-,22+,25-,29-,30+/m0/s1. The maximum Gasteiger partial charge on any atom is 0.415 e. The molecule has 1 aromatic carbocycles. The smallest absolute Gasteiger partial charge is 0.415 e. The van der Waals surface area contributed by atoms with Crippen molar-refractivity contribution in [2.45, 2.75) is 94.1 Å². The van der Waals surface area contributed by atoms with Crippen LogP contribution in [0, 0.1) is 0 Å². The first-order valence-corrected chi connectivity index (χ1v) is 14.4. The average molecular weight is 556 g/mol. The number of methoxy groups -OCH3 is 1. The molecule has 10 heteroatoms. The van der Waals surface area contributed by atoms with Crippen LogP contribution in [-0.2, 0) is 21.3 Å². The maximum absolute atomic E-state index is 13.7. The van der Waals surface area contributed by atoms with E-state index in [0.717, 1.165) is 43.4 Å². The Kier molecular flexibility index (Phi) is 6.49. The zero-order valence-corrected chi connectivity index (χ0v) is 24.1. The van der Waals surface area contributed by atoms with Crippen molar-refractivity contribution >= 4 is 12.2 Å². The van der Waals surface area contributed by atoms with Crippen molar-refractivity contribution in [3.8, 4) is 11.5 Å². The third kappa shape index (κ3) is 4.05. The Hall–Kier alpha value is -2.98. The highest BCUT2D eigenvalue weighted by molar-refractivity contribution is 5.72. The third-order valence-corrected chi connectivity index (χ3v) is 9.51. The quantitative estimate of drug-likeness (QED) is 0.581. The van der Waals surface area contributed by atoms with Crippen molar-refractivity contribution < 1.29 is 33.6 Å². The Morgan fingerprint density at radius 2 is 2.02 bits per heavy atom. The van der Waals surface area contributed by atoms with E-state index in [1.165, 1.54) is 0 Å². The number of nitrogens with one attached hydrogen (secondary N) is 1. The largest absolute Gasteiger partial charge is 0.493 e. The number of likely N-dealkylation sites (tertiary alicyclic amines) is 2. The van der Waals surface area contributed by atoms with E-state index in [4.69, 9.17) is 18.9 Å². The van der Waals surface area contributed by atoms with E-state index in [1.807, 2.05) is 32.9 Å². The summed E-state index contributed by atoms with van der Waals surface area (Å²) < 4.78 is 23.8. The lowest BCUT2D eigenvalue weighted by Gasteiger charge is -2.61. The Morgan fingerprint density at radius 3 is 2.77 bits per heavy atom. The molecule has 0 unspecified atom stereocenters. The van der Waals surface area contributed by atoms with Gasteiger partial charge in [-0.05, 0) is 84.2 Å². The van der Waals surface area contributed by atoms with E-state index in [-0.39, 0.29) is 18.6 Å². The molecule has 2 N–H and O–H groups in total. The van der Waals surface area contributed by atoms with Crippen LogP contribution in [0.3, 0.4) is 0 Å². The summed E-state index contributed by atoms with van der Waals surface area (Å²) >= 11 is 0. The van der Waals surface area contributed by atoms with Gasteiger partial charge in [0.2, 0.25) is 0 Å². The van der Waals surface area contributed by atoms with E-state index in [9.17, 15) is 14.7 Å². The van der Waals surface area contributed by atoms with Crippen molar-refractivity contribution in [1.82, 2.24) is 15.1 Å². The lowest BCUT2D eigenvalue weighted by molar-refractivity contribution is -0.163. The van der Waals surface area contributed by atoms with Gasteiger partial charge < -0.3 is 39.2 Å². The molecule has 2 fully saturated rings. The third-order valence-electron chi connectivity index (χ3n) is 9.51. The molecule has 5 aliphatic rings. The van der Waals surface area contributed by atoms with Crippen LogP contribution in [0.15, 0.2) is 24.0 Å². The lowest BCUT2D eigenvalue weighted by Crippen LogP contribution is -2.74. The van der Waals surface area contributed by atoms with E-state index >= 15 is 0 Å². The van der Waals surface area contributed by atoms with Crippen LogP contribution in [-0.4, -0.2) is 90.3 Å². The molecule has 2 amide bonds. The first-order chi connectivity index (χ1) is 19.0. The molecule has 40 heavy (non-hydrogen) atoms. The SMILES string of the molecule is COc1ccc2c3c1O[C@H]1C(OC(=O)N4CCCC[C@H]4CNC(=O)OC(C)(C)C)=CC[C@@]4(O)[C@@H](C2)N(C)CC[C@]314. The molecule has 1 aromatic rings. The van der Waals surface area contributed by atoms with Gasteiger partial charge in [-0.15, -0.1) is 0 Å². The van der Waals surface area contributed by atoms with Crippen LogP contribution in [0.2, 0.25) is 0 Å². The first-order valence-electron chi connectivity index (χ1n) is 14.4. The molecule has 3 aliphatic heterocycles. The number of nitrogens with zero attached hydrogens (tertiary/aromatic N) is 2. The number of piperidine rings is 2. The van der Waals surface area contributed by atoms with Crippen molar-refractivity contribution in [2.24, 2.45) is 0 Å². The fourth-order valence-electron chi connectivity index (χ4n) is 7.72. The van der Waals surface area contributed by atoms with Gasteiger partial charge in [0.05, 0.1) is 24.2 Å². The molecule has 5 atom stereocenters. The molecule has 2 aliphatic carbocycles. The number of ether oxygens (including phenoxy) is 4. The minimum Gasteiger partial charge on any atom is -0.493 e. The zero-order valence-electron chi connectivity index (χ0n) is 24.1. The van der Waals surface area contributed by atoms with Crippen molar-refractivity contribution in [1.29, 1.82) is 0 Å². The number of likely N-dealkylation sites (N-methyl/N-ethyl adjacent to an activating group) is 1. The Balaban J connectivity index is 1.27. The van der Waals surface area contributed by atoms with Gasteiger partial charge in [0, 0.05) is 31.1 Å². The summed E-state index contributed by atoms with van der Waals surface area (Å²) in [5.41, 5.74) is -0.238. The van der Waals surface area contributed by atoms with E-state index < -0.39 is 34.9 Å². The topological polar surface area (TPSA) is 110 Å². The summed E-state index contributed by atoms with van der Waals surface area (Å²) in [7, 11) is 3.68. The number of hydrogen-bond acceptors (Lipinski definition) is 8. The molecule has 1 spiro atoms. The lowest BCUT2D eigenvalue weighted by atomic mass is 9.50. The molecule has 6 rings (SSSR count). The average Bonchev–Trinajstić information content (AvgIpc) is 3.26. The van der Waals surface area contributed by atoms with Gasteiger partial charge in [-0.3, -0.25) is 0 Å². The van der Waals surface area contributed by atoms with Gasteiger partial charge in [0.25, 0.3) is 0 Å². The Morgan fingerprint density at radius 1 is 1.23 bits per heavy atom. The monoisotopic (exact) mass is 555 g/mol. The van der Waals surface area contributed by atoms with Crippen LogP contribution < -0.4 is 14.8 Å². The molecule has 3 heterocycles. The predicted molar refractivity (Wildman–Crippen MR) is 147 cm³/mol. The molecule has 2 saturated heterocycles. The number of aliphatic hydroxyl groups is 1. The number of alkyl carbamates (subject to hydrolysis) is 1. The maximum atomic E-state index is 13.7. The highest BCUT2D eigenvalue weighted by Crippen LogP contribution is 2.65. The zero-order chi connectivity index (χ0) is 28.4. The van der Waals surface area contributed by atoms with E-state index in [0.29, 0.717) is 36.6 Å². The highest BCUT2D eigenvalue weighted by atomic mass is 16.6. The van der Waals surface area contributed by atoms with Crippen molar-refractivity contribution in [3.05, 3.63) is 35.1 Å². The van der Waals surface area contributed by atoms with Crippen LogP contribution in [0.25, 0.3) is 0 Å². The molecular weight excluding hydrogens is 514 g/mol. The Labute approximate surface area is 235 Å². The number of carbonyl (C=O) groups is 2. The number of hydrogen-bond donors (Lipinski definition) is 2. The van der Waals surface area contributed by atoms with Gasteiger partial charge >= 0.3 is 12.2 Å². The molecule has 10 nitrogen and oxygen atoms in total. The van der Waals surface area contributed by atoms with E-state index in [1.54, 1.807) is 12.0 Å². The predicted octanol–water partition coefficient (Wildman–Crippen LogP) is 3.49. The van der Waals surface area contributed by atoms with E-state index in [2.05, 4.69) is 23.3 Å². The second-order valence-electron chi connectivity index (χ2n) is 12.9. The van der Waals surface area contributed by atoms with Crippen LogP contribution >= 0.6 is 0 Å². The summed E-state index contributed by atoms with van der Waals surface area (Å²) in [4.78, 5) is 29.9. The summed E-state index contributed by atoms with van der Waals surface area (Å²) in [5, 5.41) is 15.2. The second kappa shape index (κ2) is 9.55. The van der Waals surface area contributed by atoms with Crippen LogP contribution in [0.4, 0.5) is 9.59 Å². The van der Waals surface area contributed by atoms with Gasteiger partial charge in [-0.2, -0.15) is 0 Å². The normalized spacial score (nSPS) is 32.4. The molecule has 0 aromatic heterocycles. The molecule has 0 saturated carbocycles. The Bertz CT molecular complexity index is 1240. The number of benzene rings is 1. The van der Waals surface area contributed by atoms with Gasteiger partial charge in [-0.25, -0.2) is 9.59 Å². The molecular formula is C30H41N3O7. The molecule has 218 valence electrons. The summed E-state index contributed by atoms with van der Waals surface area (Å²) in [6.45, 7) is 7.07. The second-order valence-corrected chi connectivity index (χ2v) is 12.9. The van der Waals surface area contributed by atoms with Gasteiger partial charge in [0.15, 0.2) is 17.6 Å². The fraction of sp³-hybridized carbons (Fsp3) is 0.667. The van der Waals surface area contributed by atoms with Crippen LogP contribution in [0.5, 0.6) is 11.5 Å². The van der Waals surface area contributed by atoms with Crippen molar-refractivity contribution in [3.63, 3.8) is 0 Å². The molecule has 0 radical (unpaired) electrons. The first kappa shape index (κ1) is 27.2. The highest BCUT2D eigenvalue weighted by Gasteiger charge is 2.72. The van der Waals surface area contributed by atoms with Crippen LogP contribution in [0.1, 0.15) is 64.0 Å². The van der Waals surface area contributed by atoms with Crippen molar-refractivity contribution in [2.75, 3.05) is 33.8 Å². The summed E-state index contributed by atoms with van der Waals surface area (Å²) in [5.74, 6) is 1.71. The van der Waals surface area contributed by atoms with Gasteiger partial charge in [0.1, 0.15) is 11.4 Å². The number of rotatable bonds is 4. The number of amides is 2. The fourth-order valence-corrected chi connectivity index (χ4v) is 7.72. The summed E-state index contributed by atoms with van der Waals surface area (Å²) in [6.07, 6.45) is 4.58. The number of carbonyl (C=O) groups excluding carboxylic acids is 2. The molecule has 2 bridgehead atoms. The summed E-state index contributed by atoms with van der Waals surface area (Å²) in [6, 6.07) is 3.73. The minimum atomic E-state index is -1.06.